The van der Waals surface area contributed by atoms with Crippen molar-refractivity contribution < 1.29 is 4.74 Å². The Bertz CT molecular complexity index is 598. The molecule has 0 aliphatic carbocycles. The summed E-state index contributed by atoms with van der Waals surface area (Å²) in [7, 11) is 0. The first-order valence-corrected chi connectivity index (χ1v) is 7.88. The number of ether oxygens (including phenoxy) is 1. The number of hydrogen-bond donors (Lipinski definition) is 0. The van der Waals surface area contributed by atoms with Crippen molar-refractivity contribution in [2.24, 2.45) is 0 Å². The van der Waals surface area contributed by atoms with Crippen molar-refractivity contribution in [3.05, 3.63) is 64.2 Å². The van der Waals surface area contributed by atoms with Crippen LogP contribution in [0, 0.1) is 0 Å². The minimum absolute atomic E-state index is 0.168. The van der Waals surface area contributed by atoms with Gasteiger partial charge in [-0.05, 0) is 34.7 Å². The highest BCUT2D eigenvalue weighted by atomic mass is 35.5. The van der Waals surface area contributed by atoms with Crippen molar-refractivity contribution in [3.8, 4) is 5.75 Å². The average molecular weight is 323 g/mol. The second kappa shape index (κ2) is 6.72. The maximum Gasteiger partial charge on any atom is 0.124 e. The number of rotatable bonds is 4. The molecule has 0 aliphatic heterocycles. The third-order valence-electron chi connectivity index (χ3n) is 3.38. The number of benzene rings is 2. The molecule has 0 radical (unpaired) electrons. The van der Waals surface area contributed by atoms with Crippen molar-refractivity contribution in [1.29, 1.82) is 0 Å². The molecule has 3 heteroatoms. The van der Waals surface area contributed by atoms with E-state index in [0.717, 1.165) is 16.9 Å². The lowest BCUT2D eigenvalue weighted by molar-refractivity contribution is 0.304. The highest BCUT2D eigenvalue weighted by Gasteiger charge is 2.13. The molecule has 0 saturated carbocycles. The molecule has 0 amide bonds. The van der Waals surface area contributed by atoms with Gasteiger partial charge in [-0.15, -0.1) is 11.6 Å². The second-order valence-electron chi connectivity index (χ2n) is 6.12. The molecule has 0 N–H and O–H groups in total. The Hall–Kier alpha value is -1.18. The highest BCUT2D eigenvalue weighted by molar-refractivity contribution is 6.30. The third kappa shape index (κ3) is 4.39. The summed E-state index contributed by atoms with van der Waals surface area (Å²) in [5.74, 6) is 1.17. The van der Waals surface area contributed by atoms with E-state index in [-0.39, 0.29) is 5.41 Å². The molecule has 0 saturated heterocycles. The van der Waals surface area contributed by atoms with Gasteiger partial charge in [-0.1, -0.05) is 56.6 Å². The fourth-order valence-electron chi connectivity index (χ4n) is 2.06. The van der Waals surface area contributed by atoms with Crippen LogP contribution in [-0.4, -0.2) is 0 Å². The van der Waals surface area contributed by atoms with Crippen LogP contribution in [0.3, 0.4) is 0 Å². The van der Waals surface area contributed by atoms with Gasteiger partial charge in [0.25, 0.3) is 0 Å². The smallest absolute Gasteiger partial charge is 0.124 e. The van der Waals surface area contributed by atoms with E-state index in [1.807, 2.05) is 18.2 Å². The van der Waals surface area contributed by atoms with E-state index >= 15 is 0 Å². The molecule has 0 spiro atoms. The van der Waals surface area contributed by atoms with E-state index < -0.39 is 0 Å². The van der Waals surface area contributed by atoms with Gasteiger partial charge in [0.1, 0.15) is 12.4 Å². The summed E-state index contributed by atoms with van der Waals surface area (Å²) in [6, 6.07) is 14.0. The quantitative estimate of drug-likeness (QED) is 0.631. The summed E-state index contributed by atoms with van der Waals surface area (Å²) in [5.41, 5.74) is 3.54. The van der Waals surface area contributed by atoms with Crippen LogP contribution < -0.4 is 4.74 Å². The molecule has 0 aromatic heterocycles. The first-order valence-electron chi connectivity index (χ1n) is 6.97. The standard InChI is InChI=1S/C18H20Cl2O/c1-18(2,3)15-6-4-13(5-7-15)12-21-17-9-8-16(20)10-14(17)11-19/h4-10H,11-12H2,1-3H3. The molecular formula is C18H20Cl2O. The van der Waals surface area contributed by atoms with E-state index in [1.165, 1.54) is 5.56 Å². The number of hydrogen-bond acceptors (Lipinski definition) is 1. The average Bonchev–Trinajstić information content (AvgIpc) is 2.45. The predicted molar refractivity (Wildman–Crippen MR) is 90.5 cm³/mol. The van der Waals surface area contributed by atoms with Crippen molar-refractivity contribution in [3.63, 3.8) is 0 Å². The van der Waals surface area contributed by atoms with Crippen LogP contribution >= 0.6 is 23.2 Å². The zero-order valence-corrected chi connectivity index (χ0v) is 14.1. The minimum Gasteiger partial charge on any atom is -0.489 e. The maximum absolute atomic E-state index is 5.96. The summed E-state index contributed by atoms with van der Waals surface area (Å²) in [6.07, 6.45) is 0. The molecule has 1 nitrogen and oxygen atoms in total. The van der Waals surface area contributed by atoms with Gasteiger partial charge < -0.3 is 4.74 Å². The van der Waals surface area contributed by atoms with Crippen LogP contribution in [0.1, 0.15) is 37.5 Å². The van der Waals surface area contributed by atoms with Crippen LogP contribution in [0.5, 0.6) is 5.75 Å². The molecule has 0 atom stereocenters. The zero-order valence-electron chi connectivity index (χ0n) is 12.6. The van der Waals surface area contributed by atoms with E-state index in [4.69, 9.17) is 27.9 Å². The Kier molecular flexibility index (Phi) is 5.18. The molecule has 0 heterocycles. The summed E-state index contributed by atoms with van der Waals surface area (Å²) in [4.78, 5) is 0. The Morgan fingerprint density at radius 3 is 2.24 bits per heavy atom. The maximum atomic E-state index is 5.96. The van der Waals surface area contributed by atoms with E-state index in [2.05, 4.69) is 45.0 Å². The van der Waals surface area contributed by atoms with Gasteiger partial charge in [-0.3, -0.25) is 0 Å². The third-order valence-corrected chi connectivity index (χ3v) is 3.90. The van der Waals surface area contributed by atoms with Gasteiger partial charge in [0.15, 0.2) is 0 Å². The van der Waals surface area contributed by atoms with Gasteiger partial charge in [-0.2, -0.15) is 0 Å². The normalized spacial score (nSPS) is 11.5. The van der Waals surface area contributed by atoms with Gasteiger partial charge in [0.05, 0.1) is 5.88 Å². The van der Waals surface area contributed by atoms with Crippen LogP contribution in [0.15, 0.2) is 42.5 Å². The number of alkyl halides is 1. The Balaban J connectivity index is 2.07. The summed E-state index contributed by atoms with van der Waals surface area (Å²) in [5, 5.41) is 0.674. The summed E-state index contributed by atoms with van der Waals surface area (Å²) < 4.78 is 5.85. The lowest BCUT2D eigenvalue weighted by Crippen LogP contribution is -2.10. The molecule has 0 bridgehead atoms. The molecule has 0 unspecified atom stereocenters. The first-order chi connectivity index (χ1) is 9.90. The van der Waals surface area contributed by atoms with Crippen LogP contribution in [0.2, 0.25) is 5.02 Å². The fraction of sp³-hybridized carbons (Fsp3) is 0.333. The van der Waals surface area contributed by atoms with Crippen molar-refractivity contribution in [2.45, 2.75) is 38.7 Å². The lowest BCUT2D eigenvalue weighted by atomic mass is 9.87. The van der Waals surface area contributed by atoms with Gasteiger partial charge >= 0.3 is 0 Å². The van der Waals surface area contributed by atoms with Crippen molar-refractivity contribution in [1.82, 2.24) is 0 Å². The minimum atomic E-state index is 0.168. The SMILES string of the molecule is CC(C)(C)c1ccc(COc2ccc(Cl)cc2CCl)cc1. The van der Waals surface area contributed by atoms with E-state index in [1.54, 1.807) is 0 Å². The van der Waals surface area contributed by atoms with Crippen LogP contribution in [0.25, 0.3) is 0 Å². The predicted octanol–water partition coefficient (Wildman–Crippen LogP) is 5.96. The fourth-order valence-corrected chi connectivity index (χ4v) is 2.46. The lowest BCUT2D eigenvalue weighted by Gasteiger charge is -2.19. The molecule has 2 aromatic carbocycles. The molecule has 112 valence electrons. The Labute approximate surface area is 136 Å². The van der Waals surface area contributed by atoms with E-state index in [0.29, 0.717) is 17.5 Å². The molecule has 21 heavy (non-hydrogen) atoms. The van der Waals surface area contributed by atoms with E-state index in [9.17, 15) is 0 Å². The van der Waals surface area contributed by atoms with Crippen molar-refractivity contribution >= 4 is 23.2 Å². The van der Waals surface area contributed by atoms with Crippen molar-refractivity contribution in [2.75, 3.05) is 0 Å². The molecular weight excluding hydrogens is 303 g/mol. The second-order valence-corrected chi connectivity index (χ2v) is 6.82. The zero-order chi connectivity index (χ0) is 15.5. The van der Waals surface area contributed by atoms with Crippen LogP contribution in [-0.2, 0) is 17.9 Å². The first kappa shape index (κ1) is 16.2. The highest BCUT2D eigenvalue weighted by Crippen LogP contribution is 2.26. The molecule has 0 fully saturated rings. The largest absolute Gasteiger partial charge is 0.489 e. The van der Waals surface area contributed by atoms with Gasteiger partial charge in [0.2, 0.25) is 0 Å². The topological polar surface area (TPSA) is 9.23 Å². The Morgan fingerprint density at radius 1 is 1.00 bits per heavy atom. The number of halogens is 2. The molecule has 2 aromatic rings. The molecule has 2 rings (SSSR count). The summed E-state index contributed by atoms with van der Waals surface area (Å²) in [6.45, 7) is 7.15. The molecule has 0 aliphatic rings. The van der Waals surface area contributed by atoms with Gasteiger partial charge in [0, 0.05) is 10.6 Å². The van der Waals surface area contributed by atoms with Crippen LogP contribution in [0.4, 0.5) is 0 Å². The monoisotopic (exact) mass is 322 g/mol. The summed E-state index contributed by atoms with van der Waals surface area (Å²) >= 11 is 11.9. The van der Waals surface area contributed by atoms with Gasteiger partial charge in [-0.25, -0.2) is 0 Å². The Morgan fingerprint density at radius 2 is 1.67 bits per heavy atom.